The Bertz CT molecular complexity index is 906. The molecule has 0 aliphatic rings. The van der Waals surface area contributed by atoms with Gasteiger partial charge in [0.05, 0.1) is 5.02 Å². The van der Waals surface area contributed by atoms with Crippen LogP contribution in [0, 0.1) is 0 Å². The van der Waals surface area contributed by atoms with Crippen molar-refractivity contribution in [3.63, 3.8) is 0 Å². The summed E-state index contributed by atoms with van der Waals surface area (Å²) in [6, 6.07) is 9.67. The van der Waals surface area contributed by atoms with Gasteiger partial charge >= 0.3 is 0 Å². The van der Waals surface area contributed by atoms with Gasteiger partial charge in [-0.25, -0.2) is 8.42 Å². The van der Waals surface area contributed by atoms with Gasteiger partial charge in [-0.1, -0.05) is 34.8 Å². The first-order valence-corrected chi connectivity index (χ1v) is 11.8. The standard InChI is InChI=1S/C17H17Cl3N2O3S2/c1-26-9-8-15(17(23)21-13-5-2-11(18)3-6-13)22-27(24,25)16-10-12(19)4-7-14(16)20/h2-7,10,15,22H,8-9H2,1H3,(H,21,23). The summed E-state index contributed by atoms with van der Waals surface area (Å²) >= 11 is 19.2. The van der Waals surface area contributed by atoms with Crippen molar-refractivity contribution in [3.8, 4) is 0 Å². The van der Waals surface area contributed by atoms with Gasteiger partial charge in [-0.15, -0.1) is 0 Å². The Hall–Kier alpha value is -0.960. The second kappa shape index (κ2) is 10.0. The zero-order valence-electron chi connectivity index (χ0n) is 14.2. The highest BCUT2D eigenvalue weighted by molar-refractivity contribution is 7.98. The molecule has 1 unspecified atom stereocenters. The summed E-state index contributed by atoms with van der Waals surface area (Å²) in [6.07, 6.45) is 2.18. The van der Waals surface area contributed by atoms with E-state index < -0.39 is 22.0 Å². The van der Waals surface area contributed by atoms with Crippen LogP contribution in [0.1, 0.15) is 6.42 Å². The van der Waals surface area contributed by atoms with E-state index in [9.17, 15) is 13.2 Å². The minimum absolute atomic E-state index is 0.0219. The molecule has 2 rings (SSSR count). The maximum atomic E-state index is 12.7. The van der Waals surface area contributed by atoms with Crippen molar-refractivity contribution < 1.29 is 13.2 Å². The molecule has 0 aliphatic carbocycles. The van der Waals surface area contributed by atoms with Crippen LogP contribution in [-0.4, -0.2) is 32.4 Å². The molecule has 2 aromatic carbocycles. The van der Waals surface area contributed by atoms with Crippen molar-refractivity contribution in [2.45, 2.75) is 17.4 Å². The van der Waals surface area contributed by atoms with Crippen LogP contribution in [0.2, 0.25) is 15.1 Å². The van der Waals surface area contributed by atoms with E-state index in [4.69, 9.17) is 34.8 Å². The quantitative estimate of drug-likeness (QED) is 0.591. The Morgan fingerprint density at radius 1 is 1.07 bits per heavy atom. The maximum Gasteiger partial charge on any atom is 0.242 e. The van der Waals surface area contributed by atoms with Crippen molar-refractivity contribution in [2.75, 3.05) is 17.3 Å². The van der Waals surface area contributed by atoms with E-state index >= 15 is 0 Å². The van der Waals surface area contributed by atoms with Gasteiger partial charge in [0.25, 0.3) is 0 Å². The number of amides is 1. The van der Waals surface area contributed by atoms with Crippen molar-refractivity contribution in [2.24, 2.45) is 0 Å². The molecule has 0 saturated heterocycles. The van der Waals surface area contributed by atoms with Crippen LogP contribution < -0.4 is 10.0 Å². The molecule has 0 radical (unpaired) electrons. The number of halogens is 3. The number of thioether (sulfide) groups is 1. The summed E-state index contributed by atoms with van der Waals surface area (Å²) in [6.45, 7) is 0. The van der Waals surface area contributed by atoms with Gasteiger partial charge < -0.3 is 5.32 Å². The Morgan fingerprint density at radius 2 is 1.70 bits per heavy atom. The van der Waals surface area contributed by atoms with Gasteiger partial charge in [0.2, 0.25) is 15.9 Å². The Morgan fingerprint density at radius 3 is 2.33 bits per heavy atom. The predicted molar refractivity (Wildman–Crippen MR) is 114 cm³/mol. The second-order valence-electron chi connectivity index (χ2n) is 5.53. The van der Waals surface area contributed by atoms with Gasteiger partial charge in [0, 0.05) is 15.7 Å². The van der Waals surface area contributed by atoms with Crippen molar-refractivity contribution >= 4 is 68.2 Å². The van der Waals surface area contributed by atoms with Crippen LogP contribution in [0.25, 0.3) is 0 Å². The molecule has 1 atom stereocenters. The first-order chi connectivity index (χ1) is 12.7. The molecule has 2 aromatic rings. The molecular weight excluding hydrogens is 451 g/mol. The third-order valence-corrected chi connectivity index (χ3v) is 6.60. The lowest BCUT2D eigenvalue weighted by molar-refractivity contribution is -0.117. The molecule has 0 aromatic heterocycles. The largest absolute Gasteiger partial charge is 0.325 e. The number of rotatable bonds is 8. The number of sulfonamides is 1. The highest BCUT2D eigenvalue weighted by atomic mass is 35.5. The fraction of sp³-hybridized carbons (Fsp3) is 0.235. The number of benzene rings is 2. The van der Waals surface area contributed by atoms with Crippen LogP contribution in [0.3, 0.4) is 0 Å². The SMILES string of the molecule is CSCCC(NS(=O)(=O)c1cc(Cl)ccc1Cl)C(=O)Nc1ccc(Cl)cc1. The topological polar surface area (TPSA) is 75.3 Å². The van der Waals surface area contributed by atoms with E-state index in [2.05, 4.69) is 10.0 Å². The number of carbonyl (C=O) groups excluding carboxylic acids is 1. The number of hydrogen-bond acceptors (Lipinski definition) is 4. The summed E-state index contributed by atoms with van der Waals surface area (Å²) < 4.78 is 27.9. The summed E-state index contributed by atoms with van der Waals surface area (Å²) in [7, 11) is -4.04. The lowest BCUT2D eigenvalue weighted by atomic mass is 10.2. The predicted octanol–water partition coefficient (Wildman–Crippen LogP) is 4.69. The fourth-order valence-corrected chi connectivity index (χ4v) is 4.77. The fourth-order valence-electron chi connectivity index (χ4n) is 2.18. The van der Waals surface area contributed by atoms with Crippen LogP contribution in [0.4, 0.5) is 5.69 Å². The van der Waals surface area contributed by atoms with Crippen molar-refractivity contribution in [1.82, 2.24) is 4.72 Å². The lowest BCUT2D eigenvalue weighted by Gasteiger charge is -2.19. The molecule has 1 amide bonds. The van der Waals surface area contributed by atoms with E-state index in [0.717, 1.165) is 0 Å². The number of hydrogen-bond donors (Lipinski definition) is 2. The first-order valence-electron chi connectivity index (χ1n) is 7.75. The van der Waals surface area contributed by atoms with E-state index in [0.29, 0.717) is 22.9 Å². The summed E-state index contributed by atoms with van der Waals surface area (Å²) in [5.74, 6) is 0.109. The second-order valence-corrected chi connectivity index (χ2v) is 9.47. The minimum Gasteiger partial charge on any atom is -0.325 e. The number of anilines is 1. The molecule has 2 N–H and O–H groups in total. The van der Waals surface area contributed by atoms with Crippen LogP contribution >= 0.6 is 46.6 Å². The Balaban J connectivity index is 2.23. The van der Waals surface area contributed by atoms with Gasteiger partial charge in [-0.2, -0.15) is 16.5 Å². The third kappa shape index (κ3) is 6.55. The van der Waals surface area contributed by atoms with E-state index in [-0.39, 0.29) is 14.9 Å². The third-order valence-electron chi connectivity index (χ3n) is 3.52. The molecule has 0 fully saturated rings. The molecular formula is C17H17Cl3N2O3S2. The van der Waals surface area contributed by atoms with Crippen molar-refractivity contribution in [1.29, 1.82) is 0 Å². The zero-order valence-corrected chi connectivity index (χ0v) is 18.1. The summed E-state index contributed by atoms with van der Waals surface area (Å²) in [4.78, 5) is 12.4. The molecule has 0 heterocycles. The molecule has 27 heavy (non-hydrogen) atoms. The van der Waals surface area contributed by atoms with Gasteiger partial charge in [0.15, 0.2) is 0 Å². The summed E-state index contributed by atoms with van der Waals surface area (Å²) in [5, 5.41) is 3.47. The van der Waals surface area contributed by atoms with E-state index in [1.807, 2.05) is 6.26 Å². The normalized spacial score (nSPS) is 12.6. The molecule has 10 heteroatoms. The van der Waals surface area contributed by atoms with Crippen molar-refractivity contribution in [3.05, 3.63) is 57.5 Å². The molecule has 146 valence electrons. The van der Waals surface area contributed by atoms with Crippen LogP contribution in [-0.2, 0) is 14.8 Å². The summed E-state index contributed by atoms with van der Waals surface area (Å²) in [5.41, 5.74) is 0.513. The average molecular weight is 468 g/mol. The first kappa shape index (κ1) is 22.3. The van der Waals surface area contributed by atoms with Gasteiger partial charge in [0.1, 0.15) is 10.9 Å². The monoisotopic (exact) mass is 466 g/mol. The van der Waals surface area contributed by atoms with E-state index in [1.54, 1.807) is 24.3 Å². The molecule has 0 saturated carbocycles. The highest BCUT2D eigenvalue weighted by Gasteiger charge is 2.27. The molecule has 0 spiro atoms. The molecule has 5 nitrogen and oxygen atoms in total. The Labute approximate surface area is 177 Å². The van der Waals surface area contributed by atoms with Crippen LogP contribution in [0.5, 0.6) is 0 Å². The van der Waals surface area contributed by atoms with Crippen LogP contribution in [0.15, 0.2) is 47.4 Å². The van der Waals surface area contributed by atoms with Gasteiger partial charge in [-0.3, -0.25) is 4.79 Å². The minimum atomic E-state index is -4.04. The number of nitrogens with one attached hydrogen (secondary N) is 2. The maximum absolute atomic E-state index is 12.7. The molecule has 0 aliphatic heterocycles. The lowest BCUT2D eigenvalue weighted by Crippen LogP contribution is -2.44. The molecule has 0 bridgehead atoms. The smallest absolute Gasteiger partial charge is 0.242 e. The highest BCUT2D eigenvalue weighted by Crippen LogP contribution is 2.25. The van der Waals surface area contributed by atoms with Gasteiger partial charge in [-0.05, 0) is 60.9 Å². The zero-order chi connectivity index (χ0) is 20.0. The average Bonchev–Trinajstić information content (AvgIpc) is 2.62. The van der Waals surface area contributed by atoms with E-state index in [1.165, 1.54) is 30.0 Å². The Kier molecular flexibility index (Phi) is 8.27. The number of carbonyl (C=O) groups is 1.